The van der Waals surface area contributed by atoms with E-state index in [0.29, 0.717) is 18.4 Å². The Bertz CT molecular complexity index is 1810. The molecule has 0 saturated carbocycles. The molecule has 14 heteroatoms. The number of nitrogens with one attached hydrogen (secondary N) is 1. The van der Waals surface area contributed by atoms with Crippen LogP contribution in [-0.4, -0.2) is 34.6 Å². The molecule has 1 aromatic heterocycles. The molecule has 0 bridgehead atoms. The first-order valence-corrected chi connectivity index (χ1v) is 14.3. The van der Waals surface area contributed by atoms with Crippen molar-refractivity contribution >= 4 is 11.9 Å². The van der Waals surface area contributed by atoms with Crippen LogP contribution < -0.4 is 19.5 Å². The van der Waals surface area contributed by atoms with Gasteiger partial charge in [-0.2, -0.15) is 18.3 Å². The molecule has 1 aliphatic heterocycles. The molecule has 9 nitrogen and oxygen atoms in total. The summed E-state index contributed by atoms with van der Waals surface area (Å²) in [7, 11) is 0. The number of ether oxygens (including phenoxy) is 4. The molecule has 6 rings (SSSR count). The number of benzene rings is 3. The largest absolute Gasteiger partial charge is 0.586 e. The lowest BCUT2D eigenvalue weighted by atomic mass is 9.92. The Hall–Kier alpha value is -5.14. The first-order valence-electron chi connectivity index (χ1n) is 14.3. The summed E-state index contributed by atoms with van der Waals surface area (Å²) in [5.74, 6) is -1.16. The fourth-order valence-corrected chi connectivity index (χ4v) is 5.42. The first kappa shape index (κ1) is 30.9. The Balaban J connectivity index is 1.27. The molecular weight excluding hydrogens is 617 g/mol. The van der Waals surface area contributed by atoms with E-state index < -0.39 is 36.1 Å². The molecule has 0 fully saturated rings. The van der Waals surface area contributed by atoms with Gasteiger partial charge in [-0.05, 0) is 80.3 Å². The van der Waals surface area contributed by atoms with Crippen LogP contribution in [0.1, 0.15) is 69.1 Å². The maximum Gasteiger partial charge on any atom is 0.586 e. The average molecular weight is 644 g/mol. The number of carbonyl (C=O) groups is 2. The Morgan fingerprint density at radius 2 is 1.78 bits per heavy atom. The van der Waals surface area contributed by atoms with Crippen molar-refractivity contribution in [3.05, 3.63) is 100 Å². The molecule has 240 valence electrons. The van der Waals surface area contributed by atoms with Crippen LogP contribution in [0, 0.1) is 0 Å². The summed E-state index contributed by atoms with van der Waals surface area (Å²) >= 11 is 0. The van der Waals surface area contributed by atoms with E-state index in [1.165, 1.54) is 48.5 Å². The van der Waals surface area contributed by atoms with Crippen molar-refractivity contribution < 1.29 is 50.5 Å². The minimum Gasteiger partial charge on any atom is -0.484 e. The number of alkyl halides is 5. The molecular formula is C32H26F5N3O6. The zero-order valence-electron chi connectivity index (χ0n) is 24.2. The molecule has 1 aliphatic carbocycles. The standard InChI is InChI=1S/C32H26F5N3O6/c1-2-43-30(42)20-7-4-9-22(16-20)44-25-11-5-10-23-27(25)40(39-28(23)31(33,34)35)21-8-3-6-19(15-21)29(41)38-17-18-12-13-24-26(14-18)46-32(36,37)45-24/h3-4,6-9,12-16,25H,2,5,10-11,17H2,1H3,(H,38,41). The zero-order chi connectivity index (χ0) is 32.6. The molecule has 1 N–H and O–H groups in total. The van der Waals surface area contributed by atoms with E-state index in [-0.39, 0.29) is 64.9 Å². The summed E-state index contributed by atoms with van der Waals surface area (Å²) < 4.78 is 90.4. The van der Waals surface area contributed by atoms with Gasteiger partial charge >= 0.3 is 18.4 Å². The summed E-state index contributed by atoms with van der Waals surface area (Å²) in [5.41, 5.74) is 0.144. The zero-order valence-corrected chi connectivity index (χ0v) is 24.2. The SMILES string of the molecule is CCOC(=O)c1cccc(OC2CCCc3c(C(F)(F)F)nn(-c4cccc(C(=O)NCc5ccc6c(c5)OC(F)(F)O6)c4)c32)c1. The van der Waals surface area contributed by atoms with Crippen LogP contribution >= 0.6 is 0 Å². The molecule has 0 saturated heterocycles. The maximum atomic E-state index is 14.2. The molecule has 1 atom stereocenters. The van der Waals surface area contributed by atoms with Gasteiger partial charge in [-0.3, -0.25) is 4.79 Å². The normalized spacial score (nSPS) is 16.4. The number of aromatic nitrogens is 2. The van der Waals surface area contributed by atoms with Crippen molar-refractivity contribution in [3.63, 3.8) is 0 Å². The number of halogens is 5. The number of amides is 1. The van der Waals surface area contributed by atoms with Gasteiger partial charge in [-0.25, -0.2) is 9.48 Å². The Kier molecular flexibility index (Phi) is 8.04. The summed E-state index contributed by atoms with van der Waals surface area (Å²) in [6, 6.07) is 16.2. The smallest absolute Gasteiger partial charge is 0.484 e. The quantitative estimate of drug-likeness (QED) is 0.167. The van der Waals surface area contributed by atoms with Crippen molar-refractivity contribution in [1.82, 2.24) is 15.1 Å². The maximum absolute atomic E-state index is 14.2. The molecule has 46 heavy (non-hydrogen) atoms. The van der Waals surface area contributed by atoms with Crippen molar-refractivity contribution in [3.8, 4) is 22.9 Å². The molecule has 0 spiro atoms. The van der Waals surface area contributed by atoms with Crippen molar-refractivity contribution in [2.24, 2.45) is 0 Å². The number of fused-ring (bicyclic) bond motifs is 2. The third-order valence-electron chi connectivity index (χ3n) is 7.38. The van der Waals surface area contributed by atoms with E-state index >= 15 is 0 Å². The second-order valence-electron chi connectivity index (χ2n) is 10.6. The van der Waals surface area contributed by atoms with Gasteiger partial charge < -0.3 is 24.3 Å². The Labute approximate surface area is 258 Å². The number of esters is 1. The molecule has 3 aromatic carbocycles. The molecule has 2 heterocycles. The third-order valence-corrected chi connectivity index (χ3v) is 7.38. The van der Waals surface area contributed by atoms with Crippen LogP contribution in [-0.2, 0) is 23.9 Å². The molecule has 1 unspecified atom stereocenters. The minimum absolute atomic E-state index is 0.00598. The van der Waals surface area contributed by atoms with Gasteiger partial charge in [0.15, 0.2) is 17.2 Å². The van der Waals surface area contributed by atoms with Gasteiger partial charge in [0.1, 0.15) is 11.9 Å². The summed E-state index contributed by atoms with van der Waals surface area (Å²) in [4.78, 5) is 25.3. The first-order chi connectivity index (χ1) is 21.9. The van der Waals surface area contributed by atoms with Gasteiger partial charge in [0.25, 0.3) is 5.91 Å². The molecule has 0 radical (unpaired) electrons. The fraction of sp³-hybridized carbons (Fsp3) is 0.281. The molecule has 2 aliphatic rings. The van der Waals surface area contributed by atoms with Gasteiger partial charge in [-0.15, -0.1) is 8.78 Å². The monoisotopic (exact) mass is 643 g/mol. The van der Waals surface area contributed by atoms with Gasteiger partial charge in [0, 0.05) is 17.7 Å². The average Bonchev–Trinajstić information content (AvgIpc) is 3.57. The van der Waals surface area contributed by atoms with E-state index in [4.69, 9.17) is 9.47 Å². The third kappa shape index (κ3) is 6.32. The van der Waals surface area contributed by atoms with Gasteiger partial charge in [0.2, 0.25) is 0 Å². The number of carbonyl (C=O) groups excluding carboxylic acids is 2. The highest BCUT2D eigenvalue weighted by molar-refractivity contribution is 5.94. The minimum atomic E-state index is -4.75. The highest BCUT2D eigenvalue weighted by Crippen LogP contribution is 2.43. The summed E-state index contributed by atoms with van der Waals surface area (Å²) in [6.07, 6.45) is -8.47. The van der Waals surface area contributed by atoms with Crippen LogP contribution in [0.15, 0.2) is 66.7 Å². The van der Waals surface area contributed by atoms with Crippen LogP contribution in [0.3, 0.4) is 0 Å². The van der Waals surface area contributed by atoms with Gasteiger partial charge in [-0.1, -0.05) is 18.2 Å². The topological polar surface area (TPSA) is 101 Å². The van der Waals surface area contributed by atoms with E-state index in [9.17, 15) is 31.5 Å². The number of rotatable bonds is 8. The highest BCUT2D eigenvalue weighted by atomic mass is 19.4. The van der Waals surface area contributed by atoms with E-state index in [1.807, 2.05) is 0 Å². The second kappa shape index (κ2) is 12.0. The van der Waals surface area contributed by atoms with Crippen molar-refractivity contribution in [1.29, 1.82) is 0 Å². The Morgan fingerprint density at radius 1 is 1.02 bits per heavy atom. The van der Waals surface area contributed by atoms with E-state index in [1.54, 1.807) is 25.1 Å². The Morgan fingerprint density at radius 3 is 2.57 bits per heavy atom. The lowest BCUT2D eigenvalue weighted by Gasteiger charge is -2.26. The predicted octanol–water partition coefficient (Wildman–Crippen LogP) is 6.78. The van der Waals surface area contributed by atoms with Crippen molar-refractivity contribution in [2.45, 2.75) is 51.3 Å². The van der Waals surface area contributed by atoms with Gasteiger partial charge in [0.05, 0.1) is 23.6 Å². The van der Waals surface area contributed by atoms with E-state index in [0.717, 1.165) is 4.68 Å². The molecule has 4 aromatic rings. The fourth-order valence-electron chi connectivity index (χ4n) is 5.42. The lowest BCUT2D eigenvalue weighted by Crippen LogP contribution is -2.26. The summed E-state index contributed by atoms with van der Waals surface area (Å²) in [5, 5.41) is 6.62. The number of hydrogen-bond donors (Lipinski definition) is 1. The van der Waals surface area contributed by atoms with Crippen LogP contribution in [0.4, 0.5) is 22.0 Å². The highest BCUT2D eigenvalue weighted by Gasteiger charge is 2.44. The van der Waals surface area contributed by atoms with Crippen LogP contribution in [0.5, 0.6) is 17.2 Å². The number of nitrogens with zero attached hydrogens (tertiary/aromatic N) is 2. The second-order valence-corrected chi connectivity index (χ2v) is 10.6. The van der Waals surface area contributed by atoms with Crippen LogP contribution in [0.2, 0.25) is 0 Å². The van der Waals surface area contributed by atoms with E-state index in [2.05, 4.69) is 19.9 Å². The summed E-state index contributed by atoms with van der Waals surface area (Å²) in [6.45, 7) is 1.79. The van der Waals surface area contributed by atoms with Crippen LogP contribution in [0.25, 0.3) is 5.69 Å². The molecule has 1 amide bonds. The number of hydrogen-bond acceptors (Lipinski definition) is 7. The lowest BCUT2D eigenvalue weighted by molar-refractivity contribution is -0.286. The predicted molar refractivity (Wildman–Crippen MR) is 151 cm³/mol. The van der Waals surface area contributed by atoms with Crippen molar-refractivity contribution in [2.75, 3.05) is 6.61 Å².